The van der Waals surface area contributed by atoms with E-state index < -0.39 is 38.5 Å². The number of halogens is 3. The van der Waals surface area contributed by atoms with Crippen molar-refractivity contribution in [2.24, 2.45) is 0 Å². The molecule has 0 aliphatic carbocycles. The van der Waals surface area contributed by atoms with Gasteiger partial charge in [0.15, 0.2) is 0 Å². The quantitative estimate of drug-likeness (QED) is 0.664. The van der Waals surface area contributed by atoms with E-state index >= 15 is 0 Å². The van der Waals surface area contributed by atoms with Crippen LogP contribution in [0.5, 0.6) is 0 Å². The first-order valence-corrected chi connectivity index (χ1v) is 9.63. The molecule has 26 heavy (non-hydrogen) atoms. The average molecular weight is 392 g/mol. The molecular weight excluding hydrogens is 373 g/mol. The zero-order valence-corrected chi connectivity index (χ0v) is 15.5. The maximum atomic E-state index is 12.8. The summed E-state index contributed by atoms with van der Waals surface area (Å²) in [6, 6.07) is 3.42. The fourth-order valence-corrected chi connectivity index (χ4v) is 4.15. The minimum Gasteiger partial charge on any atom is -0.452 e. The van der Waals surface area contributed by atoms with Crippen molar-refractivity contribution in [3.63, 3.8) is 0 Å². The van der Waals surface area contributed by atoms with Gasteiger partial charge in [0.05, 0.1) is 10.8 Å². The molecule has 1 aromatic rings. The van der Waals surface area contributed by atoms with Gasteiger partial charge in [-0.1, -0.05) is 32.9 Å². The van der Waals surface area contributed by atoms with Crippen LogP contribution in [0.1, 0.15) is 45.6 Å². The molecule has 0 N–H and O–H groups in total. The smallest absolute Gasteiger partial charge is 0.452 e. The van der Waals surface area contributed by atoms with Crippen LogP contribution in [0.3, 0.4) is 0 Å². The molecule has 0 aliphatic rings. The van der Waals surface area contributed by atoms with Crippen LogP contribution in [0.25, 0.3) is 0 Å². The summed E-state index contributed by atoms with van der Waals surface area (Å²) in [6.45, 7) is 4.41. The molecule has 0 bridgehead atoms. The maximum Gasteiger partial charge on any atom is 0.742 e. The van der Waals surface area contributed by atoms with E-state index in [1.165, 1.54) is 20.8 Å². The topological polar surface area (TPSA) is 78.9 Å². The predicted molar refractivity (Wildman–Crippen MR) is 86.0 cm³/mol. The highest BCUT2D eigenvalue weighted by molar-refractivity contribution is 6.79. The first kappa shape index (κ1) is 21.7. The van der Waals surface area contributed by atoms with E-state index in [2.05, 4.69) is 0 Å². The van der Waals surface area contributed by atoms with Crippen molar-refractivity contribution >= 4 is 31.9 Å². The molecule has 6 nitrogen and oxygen atoms in total. The molecule has 0 aromatic heterocycles. The van der Waals surface area contributed by atoms with Crippen LogP contribution < -0.4 is 5.19 Å². The largest absolute Gasteiger partial charge is 0.742 e. The Morgan fingerprint density at radius 1 is 0.808 bits per heavy atom. The molecule has 0 saturated heterocycles. The van der Waals surface area contributed by atoms with Gasteiger partial charge in [0.2, 0.25) is 0 Å². The average Bonchev–Trinajstić information content (AvgIpc) is 2.60. The highest BCUT2D eigenvalue weighted by Crippen LogP contribution is 2.28. The van der Waals surface area contributed by atoms with E-state index in [9.17, 15) is 27.6 Å². The highest BCUT2D eigenvalue weighted by Gasteiger charge is 2.55. The van der Waals surface area contributed by atoms with Gasteiger partial charge < -0.3 is 13.3 Å². The number of hydrogen-bond donors (Lipinski definition) is 0. The minimum atomic E-state index is -4.58. The van der Waals surface area contributed by atoms with Gasteiger partial charge in [0.1, 0.15) is 0 Å². The lowest BCUT2D eigenvalue weighted by Gasteiger charge is -2.27. The Bertz CT molecular complexity index is 611. The third-order valence-corrected chi connectivity index (χ3v) is 5.71. The van der Waals surface area contributed by atoms with Gasteiger partial charge in [-0.2, -0.15) is 13.2 Å². The zero-order chi connectivity index (χ0) is 20.0. The van der Waals surface area contributed by atoms with Crippen molar-refractivity contribution in [3.8, 4) is 0 Å². The summed E-state index contributed by atoms with van der Waals surface area (Å²) < 4.78 is 53.8. The Kier molecular flexibility index (Phi) is 7.37. The second-order valence-corrected chi connectivity index (χ2v) is 7.42. The number of alkyl halides is 3. The Labute approximate surface area is 149 Å². The Hall–Kier alpha value is -2.36. The van der Waals surface area contributed by atoms with Crippen LogP contribution >= 0.6 is 0 Å². The Morgan fingerprint density at radius 2 is 1.15 bits per heavy atom. The molecule has 0 atom stereocenters. The van der Waals surface area contributed by atoms with Gasteiger partial charge in [-0.3, -0.25) is 14.4 Å². The fourth-order valence-electron chi connectivity index (χ4n) is 1.77. The molecule has 1 aromatic carbocycles. The van der Waals surface area contributed by atoms with E-state index in [0.29, 0.717) is 0 Å². The summed E-state index contributed by atoms with van der Waals surface area (Å²) >= 11 is 0. The molecule has 0 radical (unpaired) electrons. The van der Waals surface area contributed by atoms with Gasteiger partial charge >= 0.3 is 15.0 Å². The lowest BCUT2D eigenvalue weighted by molar-refractivity contribution is -0.149. The molecule has 10 heteroatoms. The molecule has 0 spiro atoms. The highest BCUT2D eigenvalue weighted by atomic mass is 28.4. The molecule has 0 unspecified atom stereocenters. The first-order valence-electron chi connectivity index (χ1n) is 7.91. The van der Waals surface area contributed by atoms with E-state index in [1.54, 1.807) is 0 Å². The molecule has 0 fully saturated rings. The third kappa shape index (κ3) is 5.58. The molecule has 0 amide bonds. The van der Waals surface area contributed by atoms with E-state index in [-0.39, 0.29) is 24.4 Å². The second kappa shape index (κ2) is 8.83. The summed E-state index contributed by atoms with van der Waals surface area (Å²) in [4.78, 5) is 35.4. The fraction of sp³-hybridized carbons (Fsp3) is 0.438. The second-order valence-electron chi connectivity index (χ2n) is 5.11. The molecule has 0 aliphatic heterocycles. The summed E-state index contributed by atoms with van der Waals surface area (Å²) in [5.41, 5.74) is -0.949. The van der Waals surface area contributed by atoms with Gasteiger partial charge in [0, 0.05) is 19.3 Å². The van der Waals surface area contributed by atoms with Crippen molar-refractivity contribution in [1.82, 2.24) is 0 Å². The summed E-state index contributed by atoms with van der Waals surface area (Å²) in [7, 11) is -4.42. The number of carbonyl (C=O) groups excluding carboxylic acids is 3. The van der Waals surface area contributed by atoms with Crippen molar-refractivity contribution in [3.05, 3.63) is 29.8 Å². The Morgan fingerprint density at radius 3 is 1.42 bits per heavy atom. The van der Waals surface area contributed by atoms with Crippen molar-refractivity contribution in [2.45, 2.75) is 46.2 Å². The standard InChI is InChI=1S/C16H19F3O6Si/c1-4-13(20)23-26(24-14(21)5-2,25-15(22)6-3)12-9-7-11(8-10-12)16(17,18)19/h7-10H,4-6H2,1-3H3. The van der Waals surface area contributed by atoms with Crippen molar-refractivity contribution in [1.29, 1.82) is 0 Å². The van der Waals surface area contributed by atoms with Gasteiger partial charge in [-0.15, -0.1) is 0 Å². The molecule has 0 saturated carbocycles. The van der Waals surface area contributed by atoms with E-state index in [1.807, 2.05) is 0 Å². The van der Waals surface area contributed by atoms with E-state index in [0.717, 1.165) is 24.3 Å². The van der Waals surface area contributed by atoms with Crippen LogP contribution in [0.15, 0.2) is 24.3 Å². The number of rotatable bonds is 7. The predicted octanol–water partition coefficient (Wildman–Crippen LogP) is 2.71. The van der Waals surface area contributed by atoms with Crippen LogP contribution in [0.2, 0.25) is 0 Å². The summed E-state index contributed by atoms with van der Waals surface area (Å²) in [5.74, 6) is -2.45. The number of benzene rings is 1. The minimum absolute atomic E-state index is 0.101. The van der Waals surface area contributed by atoms with Gasteiger partial charge in [0.25, 0.3) is 17.9 Å². The summed E-state index contributed by atoms with van der Waals surface area (Å²) in [6.07, 6.45) is -4.91. The van der Waals surface area contributed by atoms with Crippen LogP contribution in [-0.4, -0.2) is 26.7 Å². The number of hydrogen-bond acceptors (Lipinski definition) is 6. The SMILES string of the molecule is CCC(=O)O[Si](OC(=O)CC)(OC(=O)CC)c1ccc(C(F)(F)F)cc1. The zero-order valence-electron chi connectivity index (χ0n) is 14.5. The first-order chi connectivity index (χ1) is 12.1. The van der Waals surface area contributed by atoms with Crippen LogP contribution in [-0.2, 0) is 33.8 Å². The van der Waals surface area contributed by atoms with E-state index in [4.69, 9.17) is 13.3 Å². The third-order valence-electron chi connectivity index (χ3n) is 3.18. The molecule has 1 rings (SSSR count). The molecule has 0 heterocycles. The van der Waals surface area contributed by atoms with Gasteiger partial charge in [-0.05, 0) is 12.1 Å². The maximum absolute atomic E-state index is 12.8. The van der Waals surface area contributed by atoms with Gasteiger partial charge in [-0.25, -0.2) is 0 Å². The van der Waals surface area contributed by atoms with Crippen molar-refractivity contribution in [2.75, 3.05) is 0 Å². The summed E-state index contributed by atoms with van der Waals surface area (Å²) in [5, 5.41) is -0.101. The molecule has 144 valence electrons. The van der Waals surface area contributed by atoms with Crippen LogP contribution in [0.4, 0.5) is 13.2 Å². The Balaban J connectivity index is 3.44. The number of carbonyl (C=O) groups is 3. The monoisotopic (exact) mass is 392 g/mol. The molecular formula is C16H19F3O6Si. The lowest BCUT2D eigenvalue weighted by Crippen LogP contribution is -2.59. The normalized spacial score (nSPS) is 11.6. The van der Waals surface area contributed by atoms with Crippen molar-refractivity contribution < 1.29 is 40.8 Å². The van der Waals surface area contributed by atoms with Crippen LogP contribution in [0, 0.1) is 0 Å². The lowest BCUT2D eigenvalue weighted by atomic mass is 10.2.